The van der Waals surface area contributed by atoms with Gasteiger partial charge in [-0.1, -0.05) is 48.0 Å². The number of amides is 1. The van der Waals surface area contributed by atoms with Crippen molar-refractivity contribution in [1.29, 1.82) is 0 Å². The number of benzene rings is 2. The first-order valence-corrected chi connectivity index (χ1v) is 7.61. The lowest BCUT2D eigenvalue weighted by atomic mass is 10.1. The van der Waals surface area contributed by atoms with E-state index in [0.717, 1.165) is 10.9 Å². The van der Waals surface area contributed by atoms with Crippen molar-refractivity contribution in [1.82, 2.24) is 5.32 Å². The van der Waals surface area contributed by atoms with Crippen LogP contribution in [0, 0.1) is 0 Å². The molecule has 4 nitrogen and oxygen atoms in total. The van der Waals surface area contributed by atoms with E-state index in [4.69, 9.17) is 20.8 Å². The molecular formula is C18H16ClNO3. The Morgan fingerprint density at radius 2 is 1.96 bits per heavy atom. The molecule has 1 heterocycles. The van der Waals surface area contributed by atoms with Crippen LogP contribution in [0.2, 0.25) is 5.02 Å². The zero-order valence-electron chi connectivity index (χ0n) is 12.6. The van der Waals surface area contributed by atoms with E-state index in [2.05, 4.69) is 5.32 Å². The first-order valence-electron chi connectivity index (χ1n) is 7.23. The SMILES string of the molecule is COC(CNC(=O)c1cc2ccccc2o1)c1ccccc1Cl. The summed E-state index contributed by atoms with van der Waals surface area (Å²) >= 11 is 6.17. The summed E-state index contributed by atoms with van der Waals surface area (Å²) in [6.07, 6.45) is -0.322. The number of fused-ring (bicyclic) bond motifs is 1. The summed E-state index contributed by atoms with van der Waals surface area (Å²) in [5.41, 5.74) is 1.52. The van der Waals surface area contributed by atoms with Gasteiger partial charge in [-0.05, 0) is 18.2 Å². The molecule has 1 unspecified atom stereocenters. The molecule has 0 aliphatic rings. The van der Waals surface area contributed by atoms with Crippen molar-refractivity contribution in [3.63, 3.8) is 0 Å². The minimum absolute atomic E-state index is 0.278. The van der Waals surface area contributed by atoms with Gasteiger partial charge in [-0.2, -0.15) is 0 Å². The molecule has 0 radical (unpaired) electrons. The maximum absolute atomic E-state index is 12.3. The number of halogens is 1. The number of nitrogens with one attached hydrogen (secondary N) is 1. The molecule has 0 saturated heterocycles. The minimum Gasteiger partial charge on any atom is -0.451 e. The number of ether oxygens (including phenoxy) is 1. The molecule has 5 heteroatoms. The highest BCUT2D eigenvalue weighted by molar-refractivity contribution is 6.31. The van der Waals surface area contributed by atoms with Crippen LogP contribution < -0.4 is 5.32 Å². The van der Waals surface area contributed by atoms with Crippen LogP contribution >= 0.6 is 11.6 Å². The Bertz CT molecular complexity index is 795. The highest BCUT2D eigenvalue weighted by Gasteiger charge is 2.17. The number of carbonyl (C=O) groups is 1. The lowest BCUT2D eigenvalue weighted by molar-refractivity contribution is 0.0809. The van der Waals surface area contributed by atoms with Gasteiger partial charge in [0.25, 0.3) is 5.91 Å². The van der Waals surface area contributed by atoms with Gasteiger partial charge in [0.05, 0.1) is 0 Å². The third kappa shape index (κ3) is 3.38. The third-order valence-electron chi connectivity index (χ3n) is 3.63. The van der Waals surface area contributed by atoms with Gasteiger partial charge in [-0.3, -0.25) is 4.79 Å². The van der Waals surface area contributed by atoms with Gasteiger partial charge in [-0.25, -0.2) is 0 Å². The van der Waals surface area contributed by atoms with Gasteiger partial charge in [0.15, 0.2) is 5.76 Å². The van der Waals surface area contributed by atoms with Crippen LogP contribution in [0.25, 0.3) is 11.0 Å². The molecule has 2 aromatic carbocycles. The Labute approximate surface area is 139 Å². The summed E-state index contributed by atoms with van der Waals surface area (Å²) in [5.74, 6) is -0.00415. The van der Waals surface area contributed by atoms with E-state index >= 15 is 0 Å². The maximum Gasteiger partial charge on any atom is 0.287 e. The number of hydrogen-bond acceptors (Lipinski definition) is 3. The smallest absolute Gasteiger partial charge is 0.287 e. The quantitative estimate of drug-likeness (QED) is 0.763. The molecule has 118 valence electrons. The molecule has 23 heavy (non-hydrogen) atoms. The van der Waals surface area contributed by atoms with Gasteiger partial charge in [-0.15, -0.1) is 0 Å². The fourth-order valence-corrected chi connectivity index (χ4v) is 2.68. The number of rotatable bonds is 5. The van der Waals surface area contributed by atoms with Crippen molar-refractivity contribution in [2.45, 2.75) is 6.10 Å². The van der Waals surface area contributed by atoms with E-state index in [-0.39, 0.29) is 17.8 Å². The fourth-order valence-electron chi connectivity index (χ4n) is 2.42. The highest BCUT2D eigenvalue weighted by Crippen LogP contribution is 2.24. The van der Waals surface area contributed by atoms with Crippen molar-refractivity contribution in [3.8, 4) is 0 Å². The normalized spacial score (nSPS) is 12.3. The number of methoxy groups -OCH3 is 1. The number of furan rings is 1. The van der Waals surface area contributed by atoms with Crippen LogP contribution in [0.5, 0.6) is 0 Å². The Hall–Kier alpha value is -2.30. The van der Waals surface area contributed by atoms with Crippen molar-refractivity contribution >= 4 is 28.5 Å². The summed E-state index contributed by atoms with van der Waals surface area (Å²) in [7, 11) is 1.58. The van der Waals surface area contributed by atoms with Crippen LogP contribution in [0.4, 0.5) is 0 Å². The van der Waals surface area contributed by atoms with E-state index < -0.39 is 0 Å². The zero-order valence-corrected chi connectivity index (χ0v) is 13.3. The molecule has 0 fully saturated rings. The van der Waals surface area contributed by atoms with E-state index in [9.17, 15) is 4.79 Å². The molecule has 0 bridgehead atoms. The van der Waals surface area contributed by atoms with Gasteiger partial charge in [0.1, 0.15) is 11.7 Å². The van der Waals surface area contributed by atoms with Crippen LogP contribution in [-0.4, -0.2) is 19.6 Å². The first kappa shape index (κ1) is 15.6. The Balaban J connectivity index is 1.71. The number of carbonyl (C=O) groups excluding carboxylic acids is 1. The average molecular weight is 330 g/mol. The molecule has 1 atom stereocenters. The lowest BCUT2D eigenvalue weighted by Crippen LogP contribution is -2.29. The van der Waals surface area contributed by atoms with Gasteiger partial charge in [0, 0.05) is 29.6 Å². The Kier molecular flexibility index (Phi) is 4.65. The van der Waals surface area contributed by atoms with E-state index in [1.165, 1.54) is 0 Å². The topological polar surface area (TPSA) is 51.5 Å². The van der Waals surface area contributed by atoms with Crippen LogP contribution in [-0.2, 0) is 4.74 Å². The zero-order chi connectivity index (χ0) is 16.2. The van der Waals surface area contributed by atoms with Crippen molar-refractivity contribution in [3.05, 3.63) is 70.9 Å². The van der Waals surface area contributed by atoms with Crippen molar-refractivity contribution < 1.29 is 13.9 Å². The number of para-hydroxylation sites is 1. The molecule has 3 rings (SSSR count). The molecule has 0 aliphatic carbocycles. The first-order chi connectivity index (χ1) is 11.2. The van der Waals surface area contributed by atoms with Crippen LogP contribution in [0.3, 0.4) is 0 Å². The molecule has 0 saturated carbocycles. The Morgan fingerprint density at radius 1 is 1.22 bits per heavy atom. The summed E-state index contributed by atoms with van der Waals surface area (Å²) in [6.45, 7) is 0.302. The molecule has 1 N–H and O–H groups in total. The average Bonchev–Trinajstić information content (AvgIpc) is 3.01. The second-order valence-corrected chi connectivity index (χ2v) is 5.51. The standard InChI is InChI=1S/C18H16ClNO3/c1-22-17(13-7-3-4-8-14(13)19)11-20-18(21)16-10-12-6-2-5-9-15(12)23-16/h2-10,17H,11H2,1H3,(H,20,21). The minimum atomic E-state index is -0.322. The largest absolute Gasteiger partial charge is 0.451 e. The van der Waals surface area contributed by atoms with Crippen LogP contribution in [0.1, 0.15) is 22.2 Å². The number of hydrogen-bond donors (Lipinski definition) is 1. The van der Waals surface area contributed by atoms with Gasteiger partial charge >= 0.3 is 0 Å². The van der Waals surface area contributed by atoms with Gasteiger partial charge in [0.2, 0.25) is 0 Å². The van der Waals surface area contributed by atoms with Gasteiger partial charge < -0.3 is 14.5 Å². The Morgan fingerprint density at radius 3 is 2.70 bits per heavy atom. The maximum atomic E-state index is 12.3. The summed E-state index contributed by atoms with van der Waals surface area (Å²) < 4.78 is 11.0. The summed E-state index contributed by atoms with van der Waals surface area (Å²) in [6, 6.07) is 16.6. The predicted molar refractivity (Wildman–Crippen MR) is 89.7 cm³/mol. The molecule has 1 aromatic heterocycles. The van der Waals surface area contributed by atoms with E-state index in [1.807, 2.05) is 42.5 Å². The second-order valence-electron chi connectivity index (χ2n) is 5.10. The summed E-state index contributed by atoms with van der Waals surface area (Å²) in [4.78, 5) is 12.3. The monoisotopic (exact) mass is 329 g/mol. The van der Waals surface area contributed by atoms with Crippen molar-refractivity contribution in [2.75, 3.05) is 13.7 Å². The molecule has 3 aromatic rings. The molecule has 0 aliphatic heterocycles. The fraction of sp³-hybridized carbons (Fsp3) is 0.167. The van der Waals surface area contributed by atoms with Crippen LogP contribution in [0.15, 0.2) is 59.0 Å². The van der Waals surface area contributed by atoms with E-state index in [1.54, 1.807) is 19.2 Å². The van der Waals surface area contributed by atoms with E-state index in [0.29, 0.717) is 17.2 Å². The lowest BCUT2D eigenvalue weighted by Gasteiger charge is -2.17. The summed E-state index contributed by atoms with van der Waals surface area (Å²) in [5, 5.41) is 4.32. The molecule has 1 amide bonds. The third-order valence-corrected chi connectivity index (χ3v) is 3.98. The second kappa shape index (κ2) is 6.86. The highest BCUT2D eigenvalue weighted by atomic mass is 35.5. The molecule has 0 spiro atoms. The predicted octanol–water partition coefficient (Wildman–Crippen LogP) is 4.20. The molecular weight excluding hydrogens is 314 g/mol. The van der Waals surface area contributed by atoms with Crippen molar-refractivity contribution in [2.24, 2.45) is 0 Å².